The Kier molecular flexibility index (Phi) is 2.73. The number of nitrogens with two attached hydrogens (primary N) is 2. The molecule has 0 bridgehead atoms. The van der Waals surface area contributed by atoms with E-state index < -0.39 is 0 Å². The fourth-order valence-corrected chi connectivity index (χ4v) is 2.29. The second-order valence-electron chi connectivity index (χ2n) is 4.74. The van der Waals surface area contributed by atoms with Crippen molar-refractivity contribution in [3.05, 3.63) is 29.5 Å². The van der Waals surface area contributed by atoms with Gasteiger partial charge >= 0.3 is 0 Å². The SMILES string of the molecule is Cc1c2ccc(-c3nc(N)nc(N)c3C#N)cc2nn1C. The molecule has 0 aliphatic heterocycles. The third-order valence-electron chi connectivity index (χ3n) is 3.47. The largest absolute Gasteiger partial charge is 0.382 e. The zero-order valence-electron chi connectivity index (χ0n) is 11.6. The molecule has 3 rings (SSSR count). The average Bonchev–Trinajstić information content (AvgIpc) is 2.73. The van der Waals surface area contributed by atoms with Crippen molar-refractivity contribution in [3.63, 3.8) is 0 Å². The van der Waals surface area contributed by atoms with Crippen molar-refractivity contribution in [1.82, 2.24) is 19.7 Å². The molecule has 1 aromatic carbocycles. The molecule has 0 aliphatic carbocycles. The molecule has 0 fully saturated rings. The predicted octanol–water partition coefficient (Wildman–Crippen LogP) is 1.37. The summed E-state index contributed by atoms with van der Waals surface area (Å²) in [6.45, 7) is 2.00. The third kappa shape index (κ3) is 1.94. The lowest BCUT2D eigenvalue weighted by molar-refractivity contribution is 0.751. The molecular weight excluding hydrogens is 266 g/mol. The van der Waals surface area contributed by atoms with Crippen LogP contribution >= 0.6 is 0 Å². The summed E-state index contributed by atoms with van der Waals surface area (Å²) in [6.07, 6.45) is 0. The predicted molar refractivity (Wildman–Crippen MR) is 80.0 cm³/mol. The van der Waals surface area contributed by atoms with E-state index in [4.69, 9.17) is 11.5 Å². The Morgan fingerprint density at radius 3 is 2.71 bits per heavy atom. The van der Waals surface area contributed by atoms with Gasteiger partial charge in [-0.3, -0.25) is 4.68 Å². The molecule has 7 nitrogen and oxygen atoms in total. The number of aromatic nitrogens is 4. The molecular formula is C14H13N7. The molecule has 0 radical (unpaired) electrons. The number of nitrogens with zero attached hydrogens (tertiary/aromatic N) is 5. The summed E-state index contributed by atoms with van der Waals surface area (Å²) in [5.74, 6) is 0.121. The highest BCUT2D eigenvalue weighted by Crippen LogP contribution is 2.28. The summed E-state index contributed by atoms with van der Waals surface area (Å²) in [5.41, 5.74) is 14.6. The van der Waals surface area contributed by atoms with E-state index in [2.05, 4.69) is 15.1 Å². The van der Waals surface area contributed by atoms with E-state index in [0.717, 1.165) is 22.2 Å². The number of anilines is 2. The van der Waals surface area contributed by atoms with E-state index in [1.807, 2.05) is 42.9 Å². The standard InChI is InChI=1S/C14H13N7/c1-7-9-4-3-8(5-11(9)20-21(7)2)12-10(6-15)13(16)19-14(17)18-12/h3-5H,1-2H3,(H4,16,17,18,19). The van der Waals surface area contributed by atoms with Gasteiger partial charge in [-0.05, 0) is 13.0 Å². The van der Waals surface area contributed by atoms with Crippen LogP contribution < -0.4 is 11.5 Å². The Bertz CT molecular complexity index is 902. The summed E-state index contributed by atoms with van der Waals surface area (Å²) in [6, 6.07) is 7.71. The second-order valence-corrected chi connectivity index (χ2v) is 4.74. The van der Waals surface area contributed by atoms with Crippen LogP contribution in [-0.2, 0) is 7.05 Å². The van der Waals surface area contributed by atoms with Gasteiger partial charge in [0.25, 0.3) is 0 Å². The maximum atomic E-state index is 9.24. The number of benzene rings is 1. The number of fused-ring (bicyclic) bond motifs is 1. The Labute approximate surface area is 120 Å². The van der Waals surface area contributed by atoms with Crippen LogP contribution in [0.3, 0.4) is 0 Å². The first-order valence-corrected chi connectivity index (χ1v) is 6.28. The second kappa shape index (κ2) is 4.45. The van der Waals surface area contributed by atoms with Gasteiger partial charge in [-0.25, -0.2) is 4.98 Å². The Morgan fingerprint density at radius 2 is 2.00 bits per heavy atom. The Balaban J connectivity index is 2.28. The van der Waals surface area contributed by atoms with Crippen molar-refractivity contribution in [2.75, 3.05) is 11.5 Å². The van der Waals surface area contributed by atoms with Gasteiger partial charge in [0.15, 0.2) is 0 Å². The molecule has 0 aliphatic rings. The van der Waals surface area contributed by atoms with Crippen LogP contribution in [0.4, 0.5) is 11.8 Å². The first kappa shape index (κ1) is 12.9. The third-order valence-corrected chi connectivity index (χ3v) is 3.47. The van der Waals surface area contributed by atoms with Crippen molar-refractivity contribution in [2.24, 2.45) is 7.05 Å². The van der Waals surface area contributed by atoms with E-state index in [-0.39, 0.29) is 17.3 Å². The molecule has 2 aromatic heterocycles. The van der Waals surface area contributed by atoms with Crippen LogP contribution in [0.2, 0.25) is 0 Å². The van der Waals surface area contributed by atoms with Gasteiger partial charge in [-0.2, -0.15) is 15.3 Å². The fourth-order valence-electron chi connectivity index (χ4n) is 2.29. The maximum Gasteiger partial charge on any atom is 0.222 e. The molecule has 21 heavy (non-hydrogen) atoms. The molecule has 104 valence electrons. The van der Waals surface area contributed by atoms with Gasteiger partial charge in [-0.1, -0.05) is 12.1 Å². The van der Waals surface area contributed by atoms with Crippen LogP contribution in [0.5, 0.6) is 0 Å². The minimum Gasteiger partial charge on any atom is -0.382 e. The van der Waals surface area contributed by atoms with Gasteiger partial charge in [0, 0.05) is 23.7 Å². The number of rotatable bonds is 1. The van der Waals surface area contributed by atoms with Crippen molar-refractivity contribution in [1.29, 1.82) is 5.26 Å². The van der Waals surface area contributed by atoms with E-state index in [1.54, 1.807) is 0 Å². The normalized spacial score (nSPS) is 10.7. The van der Waals surface area contributed by atoms with Crippen LogP contribution in [0.25, 0.3) is 22.2 Å². The van der Waals surface area contributed by atoms with E-state index in [0.29, 0.717) is 5.69 Å². The summed E-state index contributed by atoms with van der Waals surface area (Å²) in [4.78, 5) is 7.95. The quantitative estimate of drug-likeness (QED) is 0.694. The van der Waals surface area contributed by atoms with Crippen molar-refractivity contribution < 1.29 is 0 Å². The van der Waals surface area contributed by atoms with Gasteiger partial charge in [0.05, 0.1) is 11.2 Å². The Hall–Kier alpha value is -3.14. The molecule has 7 heteroatoms. The van der Waals surface area contributed by atoms with E-state index >= 15 is 0 Å². The monoisotopic (exact) mass is 279 g/mol. The minimum atomic E-state index is 0.0406. The summed E-state index contributed by atoms with van der Waals surface area (Å²) >= 11 is 0. The minimum absolute atomic E-state index is 0.0406. The van der Waals surface area contributed by atoms with Gasteiger partial charge in [-0.15, -0.1) is 0 Å². The lowest BCUT2D eigenvalue weighted by Crippen LogP contribution is -2.04. The van der Waals surface area contributed by atoms with Crippen LogP contribution in [0.1, 0.15) is 11.3 Å². The molecule has 0 saturated heterocycles. The molecule has 4 N–H and O–H groups in total. The summed E-state index contributed by atoms with van der Waals surface area (Å²) in [5, 5.41) is 14.7. The van der Waals surface area contributed by atoms with Crippen molar-refractivity contribution in [2.45, 2.75) is 6.92 Å². The molecule has 0 atom stereocenters. The zero-order valence-corrected chi connectivity index (χ0v) is 11.6. The molecule has 2 heterocycles. The summed E-state index contributed by atoms with van der Waals surface area (Å²) < 4.78 is 1.81. The van der Waals surface area contributed by atoms with Gasteiger partial charge in [0.1, 0.15) is 17.5 Å². The number of hydrogen-bond acceptors (Lipinski definition) is 6. The first-order chi connectivity index (χ1) is 10.0. The molecule has 0 spiro atoms. The highest BCUT2D eigenvalue weighted by molar-refractivity contribution is 5.87. The maximum absolute atomic E-state index is 9.24. The number of aryl methyl sites for hydroxylation is 2. The van der Waals surface area contributed by atoms with Gasteiger partial charge in [0.2, 0.25) is 5.95 Å². The average molecular weight is 279 g/mol. The lowest BCUT2D eigenvalue weighted by atomic mass is 10.0. The smallest absolute Gasteiger partial charge is 0.222 e. The zero-order chi connectivity index (χ0) is 15.1. The number of hydrogen-bond donors (Lipinski definition) is 2. The van der Waals surface area contributed by atoms with Crippen molar-refractivity contribution >= 4 is 22.7 Å². The lowest BCUT2D eigenvalue weighted by Gasteiger charge is -2.06. The van der Waals surface area contributed by atoms with E-state index in [9.17, 15) is 5.26 Å². The van der Waals surface area contributed by atoms with Crippen molar-refractivity contribution in [3.8, 4) is 17.3 Å². The molecule has 0 unspecified atom stereocenters. The highest BCUT2D eigenvalue weighted by Gasteiger charge is 2.14. The van der Waals surface area contributed by atoms with Crippen LogP contribution in [0, 0.1) is 18.3 Å². The number of nitrogen functional groups attached to an aromatic ring is 2. The first-order valence-electron chi connectivity index (χ1n) is 6.28. The topological polar surface area (TPSA) is 119 Å². The molecule has 0 saturated carbocycles. The summed E-state index contributed by atoms with van der Waals surface area (Å²) in [7, 11) is 1.89. The van der Waals surface area contributed by atoms with Crippen LogP contribution in [0.15, 0.2) is 18.2 Å². The number of nitriles is 1. The highest BCUT2D eigenvalue weighted by atomic mass is 15.3. The molecule has 0 amide bonds. The fraction of sp³-hybridized carbons (Fsp3) is 0.143. The van der Waals surface area contributed by atoms with E-state index in [1.165, 1.54) is 0 Å². The Morgan fingerprint density at radius 1 is 1.24 bits per heavy atom. The molecule has 3 aromatic rings. The van der Waals surface area contributed by atoms with Crippen LogP contribution in [-0.4, -0.2) is 19.7 Å². The van der Waals surface area contributed by atoms with Gasteiger partial charge < -0.3 is 11.5 Å².